The number of rotatable bonds is 5. The van der Waals surface area contributed by atoms with Crippen molar-refractivity contribution in [2.75, 3.05) is 5.32 Å². The molecule has 0 radical (unpaired) electrons. The number of carbonyl (C=O) groups is 2. The maximum Gasteiger partial charge on any atom is 0.407 e. The molecule has 2 bridgehead atoms. The minimum atomic E-state index is -0.338. The second-order valence-electron chi connectivity index (χ2n) is 11.0. The number of amides is 3. The van der Waals surface area contributed by atoms with Gasteiger partial charge in [-0.15, -0.1) is 0 Å². The Kier molecular flexibility index (Phi) is 6.30. The van der Waals surface area contributed by atoms with Crippen molar-refractivity contribution in [1.29, 1.82) is 0 Å². The van der Waals surface area contributed by atoms with Gasteiger partial charge in [0.1, 0.15) is 12.4 Å². The van der Waals surface area contributed by atoms with Gasteiger partial charge >= 0.3 is 12.1 Å². The van der Waals surface area contributed by atoms with Crippen molar-refractivity contribution >= 4 is 17.8 Å². The Hall–Kier alpha value is -3.87. The third-order valence-electron chi connectivity index (χ3n) is 8.75. The predicted octanol–water partition coefficient (Wildman–Crippen LogP) is 6.64. The Morgan fingerprint density at radius 2 is 1.53 bits per heavy atom. The summed E-state index contributed by atoms with van der Waals surface area (Å²) in [5.74, 6) is -0.276. The number of hydrogen-bond donors (Lipinski definition) is 2. The summed E-state index contributed by atoms with van der Waals surface area (Å²) in [5.41, 5.74) is 4.80. The fourth-order valence-electron chi connectivity index (χ4n) is 6.40. The van der Waals surface area contributed by atoms with E-state index >= 15 is 0 Å². The Morgan fingerprint density at radius 1 is 0.842 bits per heavy atom. The quantitative estimate of drug-likeness (QED) is 0.402. The molecule has 3 aromatic carbocycles. The zero-order valence-corrected chi connectivity index (χ0v) is 21.3. The largest absolute Gasteiger partial charge is 0.445 e. The molecule has 0 spiro atoms. The molecule has 0 atom stereocenters. The highest BCUT2D eigenvalue weighted by atomic mass is 19.1. The van der Waals surface area contributed by atoms with Crippen LogP contribution in [0.2, 0.25) is 0 Å². The Balaban J connectivity index is 1.02. The lowest BCUT2D eigenvalue weighted by molar-refractivity contribution is 0.0630. The van der Waals surface area contributed by atoms with Crippen molar-refractivity contribution in [1.82, 2.24) is 10.2 Å². The number of hydrogen-bond acceptors (Lipinski definition) is 3. The van der Waals surface area contributed by atoms with E-state index in [0.717, 1.165) is 60.9 Å². The summed E-state index contributed by atoms with van der Waals surface area (Å²) in [6.07, 6.45) is 5.50. The molecule has 1 aliphatic heterocycles. The lowest BCUT2D eigenvalue weighted by Crippen LogP contribution is -2.57. The maximum atomic E-state index is 13.5. The summed E-state index contributed by atoms with van der Waals surface area (Å²) in [4.78, 5) is 27.0. The Bertz CT molecular complexity index is 1320. The lowest BCUT2D eigenvalue weighted by Gasteiger charge is -2.53. The summed E-state index contributed by atoms with van der Waals surface area (Å²) >= 11 is 0. The van der Waals surface area contributed by atoms with Gasteiger partial charge in [-0.1, -0.05) is 48.5 Å². The third-order valence-corrected chi connectivity index (χ3v) is 8.75. The van der Waals surface area contributed by atoms with E-state index in [9.17, 15) is 14.0 Å². The molecule has 0 aromatic heterocycles. The van der Waals surface area contributed by atoms with Crippen molar-refractivity contribution in [3.05, 3.63) is 101 Å². The van der Waals surface area contributed by atoms with Gasteiger partial charge in [-0.05, 0) is 90.5 Å². The lowest BCUT2D eigenvalue weighted by atomic mass is 9.55. The smallest absolute Gasteiger partial charge is 0.407 e. The molecule has 196 valence electrons. The van der Waals surface area contributed by atoms with Crippen LogP contribution in [-0.4, -0.2) is 22.6 Å². The van der Waals surface area contributed by atoms with Crippen LogP contribution in [0.4, 0.5) is 19.7 Å². The van der Waals surface area contributed by atoms with E-state index < -0.39 is 0 Å². The first-order valence-corrected chi connectivity index (χ1v) is 13.3. The van der Waals surface area contributed by atoms with Crippen LogP contribution in [0.1, 0.15) is 60.8 Å². The number of benzene rings is 3. The van der Waals surface area contributed by atoms with E-state index in [0.29, 0.717) is 13.1 Å². The van der Waals surface area contributed by atoms with Gasteiger partial charge in [0.25, 0.3) is 0 Å². The van der Waals surface area contributed by atoms with Crippen LogP contribution in [-0.2, 0) is 29.8 Å². The summed E-state index contributed by atoms with van der Waals surface area (Å²) in [7, 11) is 0. The SMILES string of the molecule is O=C(NC12CCC(c3ccc(NC(=O)N4Cc5ccc(F)cc5C4)cc3)(CC1)CC2)OCc1ccccc1. The topological polar surface area (TPSA) is 70.7 Å². The van der Waals surface area contributed by atoms with E-state index in [1.165, 1.54) is 17.7 Å². The molecule has 0 unspecified atom stereocenters. The van der Waals surface area contributed by atoms with E-state index in [1.54, 1.807) is 11.0 Å². The van der Waals surface area contributed by atoms with Gasteiger partial charge in [0.2, 0.25) is 0 Å². The van der Waals surface area contributed by atoms with Gasteiger partial charge in [0.05, 0.1) is 0 Å². The monoisotopic (exact) mass is 513 g/mol. The first kappa shape index (κ1) is 24.5. The van der Waals surface area contributed by atoms with Crippen LogP contribution in [0.5, 0.6) is 0 Å². The molecule has 3 aliphatic carbocycles. The van der Waals surface area contributed by atoms with Crippen LogP contribution >= 0.6 is 0 Å². The number of alkyl carbamates (subject to hydrolysis) is 1. The highest BCUT2D eigenvalue weighted by Crippen LogP contribution is 2.53. The number of carbonyl (C=O) groups excluding carboxylic acids is 2. The summed E-state index contributed by atoms with van der Waals surface area (Å²) in [6, 6.07) is 22.4. The van der Waals surface area contributed by atoms with Crippen molar-refractivity contribution in [3.8, 4) is 0 Å². The van der Waals surface area contributed by atoms with Crippen molar-refractivity contribution in [3.63, 3.8) is 0 Å². The number of fused-ring (bicyclic) bond motifs is 4. The number of nitrogens with one attached hydrogen (secondary N) is 2. The molecular formula is C31H32FN3O3. The summed E-state index contributed by atoms with van der Waals surface area (Å²) in [6.45, 7) is 1.17. The van der Waals surface area contributed by atoms with Crippen LogP contribution in [0.3, 0.4) is 0 Å². The zero-order chi connectivity index (χ0) is 26.2. The third kappa shape index (κ3) is 4.85. The van der Waals surface area contributed by atoms with E-state index in [-0.39, 0.29) is 35.5 Å². The molecule has 3 fully saturated rings. The molecule has 7 heteroatoms. The fourth-order valence-corrected chi connectivity index (χ4v) is 6.40. The molecule has 6 nitrogen and oxygen atoms in total. The standard InChI is InChI=1S/C31H32FN3O3/c32-26-9-6-23-19-35(20-24(23)18-26)28(36)33-27-10-7-25(8-11-27)30-12-15-31(16-13-30,17-14-30)34-29(37)38-21-22-4-2-1-3-5-22/h1-11,18H,12-17,19-21H2,(H,33,36)(H,34,37). The highest BCUT2D eigenvalue weighted by molar-refractivity contribution is 5.89. The van der Waals surface area contributed by atoms with Crippen LogP contribution in [0.15, 0.2) is 72.8 Å². The molecule has 3 saturated carbocycles. The van der Waals surface area contributed by atoms with Crippen LogP contribution in [0.25, 0.3) is 0 Å². The first-order chi connectivity index (χ1) is 18.4. The summed E-state index contributed by atoms with van der Waals surface area (Å²) in [5, 5.41) is 6.18. The fraction of sp³-hybridized carbons (Fsp3) is 0.355. The molecule has 1 heterocycles. The summed E-state index contributed by atoms with van der Waals surface area (Å²) < 4.78 is 19.0. The van der Waals surface area contributed by atoms with Crippen molar-refractivity contribution < 1.29 is 18.7 Å². The molecule has 7 rings (SSSR count). The minimum Gasteiger partial charge on any atom is -0.445 e. The second kappa shape index (κ2) is 9.78. The number of ether oxygens (including phenoxy) is 1. The minimum absolute atomic E-state index is 0.112. The van der Waals surface area contributed by atoms with E-state index in [2.05, 4.69) is 22.8 Å². The van der Waals surface area contributed by atoms with E-state index in [4.69, 9.17) is 4.74 Å². The predicted molar refractivity (Wildman–Crippen MR) is 143 cm³/mol. The normalized spacial score (nSPS) is 23.6. The Morgan fingerprint density at radius 3 is 2.24 bits per heavy atom. The Labute approximate surface area is 222 Å². The van der Waals surface area contributed by atoms with Crippen LogP contribution < -0.4 is 10.6 Å². The van der Waals surface area contributed by atoms with E-state index in [1.807, 2.05) is 42.5 Å². The molecule has 2 N–H and O–H groups in total. The van der Waals surface area contributed by atoms with Gasteiger partial charge in [-0.3, -0.25) is 0 Å². The van der Waals surface area contributed by atoms with Gasteiger partial charge in [-0.25, -0.2) is 14.0 Å². The van der Waals surface area contributed by atoms with Gasteiger partial charge in [-0.2, -0.15) is 0 Å². The average molecular weight is 514 g/mol. The second-order valence-corrected chi connectivity index (χ2v) is 11.0. The number of anilines is 1. The van der Waals surface area contributed by atoms with Crippen LogP contribution in [0, 0.1) is 5.82 Å². The highest BCUT2D eigenvalue weighted by Gasteiger charge is 2.50. The van der Waals surface area contributed by atoms with Gasteiger partial charge in [0, 0.05) is 24.3 Å². The molecule has 3 amide bonds. The van der Waals surface area contributed by atoms with Gasteiger partial charge in [0.15, 0.2) is 0 Å². The molecular weight excluding hydrogens is 481 g/mol. The zero-order valence-electron chi connectivity index (χ0n) is 21.3. The maximum absolute atomic E-state index is 13.5. The molecule has 38 heavy (non-hydrogen) atoms. The number of nitrogens with zero attached hydrogens (tertiary/aromatic N) is 1. The van der Waals surface area contributed by atoms with Gasteiger partial charge < -0.3 is 20.3 Å². The molecule has 3 aromatic rings. The average Bonchev–Trinajstić information content (AvgIpc) is 3.37. The number of urea groups is 1. The first-order valence-electron chi connectivity index (χ1n) is 13.3. The molecule has 4 aliphatic rings. The number of halogens is 1. The molecule has 0 saturated heterocycles. The van der Waals surface area contributed by atoms with Crippen molar-refractivity contribution in [2.45, 2.75) is 69.2 Å². The van der Waals surface area contributed by atoms with Crippen molar-refractivity contribution in [2.24, 2.45) is 0 Å².